The number of aliphatic hydroxyl groups is 1. The highest BCUT2D eigenvalue weighted by Gasteiger charge is 2.40. The number of hydrogen-bond donors (Lipinski definition) is 3. The smallest absolute Gasteiger partial charge is 0.394 e. The minimum atomic E-state index is -4.94. The molecule has 0 saturated carbocycles. The van der Waals surface area contributed by atoms with Crippen molar-refractivity contribution in [1.82, 2.24) is 14.9 Å². The monoisotopic (exact) mass is 576 g/mol. The Morgan fingerprint density at radius 3 is 2.58 bits per heavy atom. The summed E-state index contributed by atoms with van der Waals surface area (Å²) in [6, 6.07) is 9.91. The minimum Gasteiger partial charge on any atom is -0.394 e. The zero-order chi connectivity index (χ0) is 27.9. The maximum atomic E-state index is 12.6. The van der Waals surface area contributed by atoms with Gasteiger partial charge in [0.05, 0.1) is 12.7 Å². The molecule has 3 N–H and O–H groups in total. The Morgan fingerprint density at radius 1 is 1.24 bits per heavy atom. The molecule has 2 aromatic rings. The summed E-state index contributed by atoms with van der Waals surface area (Å²) in [4.78, 5) is 39.8. The summed E-state index contributed by atoms with van der Waals surface area (Å²) in [5.41, 5.74) is -0.250. The number of halogens is 3. The number of amides is 2. The molecule has 0 unspecified atom stereocenters. The average molecular weight is 577 g/mol. The molecule has 1 aliphatic heterocycles. The van der Waals surface area contributed by atoms with Crippen molar-refractivity contribution in [3.05, 3.63) is 58.6 Å². The van der Waals surface area contributed by atoms with Crippen molar-refractivity contribution in [2.45, 2.75) is 49.6 Å². The van der Waals surface area contributed by atoms with Gasteiger partial charge in [-0.2, -0.15) is 18.2 Å². The maximum absolute atomic E-state index is 12.6. The van der Waals surface area contributed by atoms with E-state index in [1.807, 2.05) is 5.32 Å². The number of aliphatic hydroxyl groups excluding tert-OH is 1. The van der Waals surface area contributed by atoms with Gasteiger partial charge in [0.1, 0.15) is 24.1 Å². The number of alkyl halides is 3. The molecular formula is C23H27F3N4O6S2. The maximum Gasteiger partial charge on any atom is 0.471 e. The van der Waals surface area contributed by atoms with Crippen LogP contribution in [0.5, 0.6) is 0 Å². The van der Waals surface area contributed by atoms with Crippen LogP contribution in [0.3, 0.4) is 0 Å². The fourth-order valence-corrected chi connectivity index (χ4v) is 5.59. The molecule has 1 aromatic carbocycles. The number of carbonyl (C=O) groups excluding carboxylic acids is 2. The van der Waals surface area contributed by atoms with Crippen molar-refractivity contribution < 1.29 is 37.3 Å². The van der Waals surface area contributed by atoms with Crippen LogP contribution in [0.2, 0.25) is 0 Å². The molecule has 3 rings (SSSR count). The van der Waals surface area contributed by atoms with Gasteiger partial charge < -0.3 is 25.2 Å². The molecule has 0 spiro atoms. The van der Waals surface area contributed by atoms with Gasteiger partial charge in [-0.25, -0.2) is 4.79 Å². The van der Waals surface area contributed by atoms with E-state index in [9.17, 15) is 32.7 Å². The lowest BCUT2D eigenvalue weighted by atomic mass is 10.2. The first-order valence-corrected chi connectivity index (χ1v) is 13.7. The molecule has 2 heterocycles. The third kappa shape index (κ3) is 8.46. The van der Waals surface area contributed by atoms with Gasteiger partial charge >= 0.3 is 17.8 Å². The number of rotatable bonds is 11. The second-order valence-electron chi connectivity index (χ2n) is 8.83. The van der Waals surface area contributed by atoms with Gasteiger partial charge in [-0.05, 0) is 32.0 Å². The van der Waals surface area contributed by atoms with Gasteiger partial charge in [0.2, 0.25) is 0 Å². The summed E-state index contributed by atoms with van der Waals surface area (Å²) in [5.74, 6) is -2.21. The Hall–Kier alpha value is -2.59. The number of nitrogens with one attached hydrogen (secondary N) is 2. The fraction of sp³-hybridized carbons (Fsp3) is 0.478. The second kappa shape index (κ2) is 13.0. The van der Waals surface area contributed by atoms with E-state index < -0.39 is 46.9 Å². The number of hydrogen-bond acceptors (Lipinski definition) is 9. The lowest BCUT2D eigenvalue weighted by molar-refractivity contribution is -0.173. The first-order valence-electron chi connectivity index (χ1n) is 11.4. The predicted molar refractivity (Wildman–Crippen MR) is 137 cm³/mol. The Kier molecular flexibility index (Phi) is 10.2. The second-order valence-corrected chi connectivity index (χ2v) is 11.8. The number of benzene rings is 1. The predicted octanol–water partition coefficient (Wildman–Crippen LogP) is 2.96. The summed E-state index contributed by atoms with van der Waals surface area (Å²) in [7, 11) is 2.46. The topological polar surface area (TPSA) is 132 Å². The summed E-state index contributed by atoms with van der Waals surface area (Å²) in [5, 5.41) is 14.1. The molecule has 3 atom stereocenters. The number of anilines is 1. The molecule has 0 radical (unpaired) electrons. The van der Waals surface area contributed by atoms with Crippen LogP contribution >= 0.6 is 21.6 Å². The summed E-state index contributed by atoms with van der Waals surface area (Å²) in [6.45, 7) is 2.80. The van der Waals surface area contributed by atoms with Crippen molar-refractivity contribution in [3.8, 4) is 0 Å². The van der Waals surface area contributed by atoms with E-state index in [4.69, 9.17) is 9.47 Å². The molecule has 0 bridgehead atoms. The van der Waals surface area contributed by atoms with Gasteiger partial charge in [-0.3, -0.25) is 14.2 Å². The molecular weight excluding hydrogens is 549 g/mol. The standard InChI is InChI=1S/C23H27F3N4O6S2/c1-22(2,12-27-20(33)23(24,25)26)38-37-13-35-15-10-18(36-16(15)11-31)30-9-8-17(29-21(30)34)28-19(32)14-6-4-3-5-7-14/h3-9,15-16,18,31H,10-13H2,1-2H3,(H,27,33)(H,28,29,32,34)/t15-,16-,18-/m1/s1. The molecule has 1 fully saturated rings. The van der Waals surface area contributed by atoms with Gasteiger partial charge in [-0.15, -0.1) is 0 Å². The van der Waals surface area contributed by atoms with Crippen molar-refractivity contribution in [1.29, 1.82) is 0 Å². The van der Waals surface area contributed by atoms with Crippen LogP contribution in [-0.2, 0) is 14.3 Å². The van der Waals surface area contributed by atoms with E-state index in [1.165, 1.54) is 38.4 Å². The van der Waals surface area contributed by atoms with E-state index in [2.05, 4.69) is 10.3 Å². The summed E-state index contributed by atoms with van der Waals surface area (Å²) < 4.78 is 49.2. The van der Waals surface area contributed by atoms with Gasteiger partial charge in [0.25, 0.3) is 5.91 Å². The lowest BCUT2D eigenvalue weighted by Gasteiger charge is -2.24. The zero-order valence-corrected chi connectivity index (χ0v) is 22.1. The lowest BCUT2D eigenvalue weighted by Crippen LogP contribution is -2.42. The molecule has 15 heteroatoms. The van der Waals surface area contributed by atoms with E-state index >= 15 is 0 Å². The zero-order valence-electron chi connectivity index (χ0n) is 20.4. The molecule has 0 aliphatic carbocycles. The van der Waals surface area contributed by atoms with E-state index in [0.29, 0.717) is 5.56 Å². The van der Waals surface area contributed by atoms with Crippen LogP contribution in [0, 0.1) is 0 Å². The Balaban J connectivity index is 1.50. The molecule has 1 aliphatic rings. The normalized spacial score (nSPS) is 19.8. The number of aromatic nitrogens is 2. The van der Waals surface area contributed by atoms with Crippen LogP contribution in [0.1, 0.15) is 36.9 Å². The van der Waals surface area contributed by atoms with E-state index in [0.717, 1.165) is 0 Å². The Labute approximate surface area is 224 Å². The molecule has 10 nitrogen and oxygen atoms in total. The minimum absolute atomic E-state index is 0.0760. The molecule has 1 saturated heterocycles. The van der Waals surface area contributed by atoms with Gasteiger partial charge in [-0.1, -0.05) is 39.8 Å². The molecule has 1 aromatic heterocycles. The van der Waals surface area contributed by atoms with Crippen molar-refractivity contribution in [2.75, 3.05) is 24.4 Å². The van der Waals surface area contributed by atoms with Gasteiger partial charge in [0.15, 0.2) is 0 Å². The highest BCUT2D eigenvalue weighted by atomic mass is 33.1. The Morgan fingerprint density at radius 2 is 1.95 bits per heavy atom. The van der Waals surface area contributed by atoms with Gasteiger partial charge in [0, 0.05) is 29.5 Å². The fourth-order valence-electron chi connectivity index (χ4n) is 3.41. The Bertz CT molecular complexity index is 1170. The highest BCUT2D eigenvalue weighted by molar-refractivity contribution is 8.77. The van der Waals surface area contributed by atoms with Crippen molar-refractivity contribution >= 4 is 39.2 Å². The summed E-state index contributed by atoms with van der Waals surface area (Å²) in [6.07, 6.45) is -5.31. The summed E-state index contributed by atoms with van der Waals surface area (Å²) >= 11 is 0. The first kappa shape index (κ1) is 30.0. The SMILES string of the molecule is CC(C)(CNC(=O)C(F)(F)F)SSCO[C@@H]1C[C@H](n2ccc(NC(=O)c3ccccc3)nc2=O)O[C@@H]1CO. The molecule has 38 heavy (non-hydrogen) atoms. The van der Waals surface area contributed by atoms with Crippen LogP contribution in [0.4, 0.5) is 19.0 Å². The average Bonchev–Trinajstić information content (AvgIpc) is 3.28. The van der Waals surface area contributed by atoms with E-state index in [-0.39, 0.29) is 31.3 Å². The molecule has 208 valence electrons. The number of nitrogens with zero attached hydrogens (tertiary/aromatic N) is 2. The van der Waals surface area contributed by atoms with Crippen LogP contribution in [0.15, 0.2) is 47.4 Å². The van der Waals surface area contributed by atoms with Crippen LogP contribution in [0.25, 0.3) is 0 Å². The van der Waals surface area contributed by atoms with Crippen molar-refractivity contribution in [3.63, 3.8) is 0 Å². The largest absolute Gasteiger partial charge is 0.471 e. The van der Waals surface area contributed by atoms with Crippen molar-refractivity contribution in [2.24, 2.45) is 0 Å². The first-order chi connectivity index (χ1) is 17.9. The third-order valence-electron chi connectivity index (χ3n) is 5.33. The highest BCUT2D eigenvalue weighted by Crippen LogP contribution is 2.37. The van der Waals surface area contributed by atoms with Crippen LogP contribution in [-0.4, -0.2) is 68.7 Å². The number of carbonyl (C=O) groups is 2. The molecule has 2 amide bonds. The van der Waals surface area contributed by atoms with E-state index in [1.54, 1.807) is 44.2 Å². The quantitative estimate of drug-likeness (QED) is 0.210. The number of ether oxygens (including phenoxy) is 2. The van der Waals surface area contributed by atoms with Crippen LogP contribution < -0.4 is 16.3 Å². The third-order valence-corrected chi connectivity index (χ3v) is 8.27.